The van der Waals surface area contributed by atoms with E-state index in [1.54, 1.807) is 7.11 Å². The van der Waals surface area contributed by atoms with Gasteiger partial charge in [0, 0.05) is 6.54 Å². The number of hydrogen-bond donors (Lipinski definition) is 0. The first-order valence-corrected chi connectivity index (χ1v) is 11.1. The van der Waals surface area contributed by atoms with Gasteiger partial charge >= 0.3 is 0 Å². The second-order valence-electron chi connectivity index (χ2n) is 7.97. The second-order valence-corrected chi connectivity index (χ2v) is 7.97. The van der Waals surface area contributed by atoms with Crippen LogP contribution in [0.2, 0.25) is 0 Å². The van der Waals surface area contributed by atoms with E-state index in [-0.39, 0.29) is 0 Å². The molecule has 4 nitrogen and oxygen atoms in total. The molecular weight excluding hydrogens is 396 g/mol. The molecule has 4 heteroatoms. The largest absolute Gasteiger partial charge is 0.497 e. The molecule has 0 spiro atoms. The van der Waals surface area contributed by atoms with Crippen molar-refractivity contribution in [2.24, 2.45) is 0 Å². The molecule has 1 heterocycles. The first-order valence-electron chi connectivity index (χ1n) is 11.1. The van der Waals surface area contributed by atoms with Gasteiger partial charge in [0.2, 0.25) is 0 Å². The van der Waals surface area contributed by atoms with Crippen LogP contribution in [0.1, 0.15) is 35.4 Å². The van der Waals surface area contributed by atoms with E-state index in [0.717, 1.165) is 53.3 Å². The van der Waals surface area contributed by atoms with Gasteiger partial charge in [-0.1, -0.05) is 42.5 Å². The van der Waals surface area contributed by atoms with Crippen LogP contribution in [0.5, 0.6) is 11.5 Å². The minimum atomic E-state index is 0.716. The average Bonchev–Trinajstić information content (AvgIpc) is 3.18. The molecule has 32 heavy (non-hydrogen) atoms. The Morgan fingerprint density at radius 2 is 1.69 bits per heavy atom. The summed E-state index contributed by atoms with van der Waals surface area (Å²) >= 11 is 0. The van der Waals surface area contributed by atoms with E-state index in [1.807, 2.05) is 36.4 Å². The average molecular weight is 427 g/mol. The molecule has 0 N–H and O–H groups in total. The van der Waals surface area contributed by atoms with Gasteiger partial charge < -0.3 is 14.0 Å². The van der Waals surface area contributed by atoms with E-state index in [0.29, 0.717) is 6.61 Å². The molecule has 0 saturated carbocycles. The molecule has 0 atom stereocenters. The van der Waals surface area contributed by atoms with Crippen LogP contribution in [0, 0.1) is 13.8 Å². The summed E-state index contributed by atoms with van der Waals surface area (Å²) in [6.45, 7) is 5.85. The third-order valence-electron chi connectivity index (χ3n) is 5.81. The van der Waals surface area contributed by atoms with Crippen LogP contribution in [-0.2, 0) is 6.54 Å². The van der Waals surface area contributed by atoms with Gasteiger partial charge in [0.1, 0.15) is 17.3 Å². The quantitative estimate of drug-likeness (QED) is 0.280. The molecule has 0 amide bonds. The lowest BCUT2D eigenvalue weighted by molar-refractivity contribution is 0.301. The molecular formula is C28H30N2O2. The van der Waals surface area contributed by atoms with Crippen molar-refractivity contribution in [3.63, 3.8) is 0 Å². The zero-order valence-corrected chi connectivity index (χ0v) is 19.0. The summed E-state index contributed by atoms with van der Waals surface area (Å²) in [5.41, 5.74) is 5.79. The minimum Gasteiger partial charge on any atom is -0.497 e. The Bertz CT molecular complexity index is 1210. The Labute approximate surface area is 190 Å². The van der Waals surface area contributed by atoms with Crippen LogP contribution in [0.4, 0.5) is 0 Å². The summed E-state index contributed by atoms with van der Waals surface area (Å²) in [5.74, 6) is 2.82. The maximum Gasteiger partial charge on any atom is 0.133 e. The van der Waals surface area contributed by atoms with E-state index >= 15 is 0 Å². The predicted octanol–water partition coefficient (Wildman–Crippen LogP) is 6.69. The van der Waals surface area contributed by atoms with Crippen LogP contribution in [-0.4, -0.2) is 23.3 Å². The number of imidazole rings is 1. The fraction of sp³-hybridized carbons (Fsp3) is 0.250. The Balaban J connectivity index is 1.43. The Morgan fingerprint density at radius 3 is 2.50 bits per heavy atom. The van der Waals surface area contributed by atoms with Gasteiger partial charge in [0.25, 0.3) is 0 Å². The smallest absolute Gasteiger partial charge is 0.133 e. The van der Waals surface area contributed by atoms with Gasteiger partial charge in [0.15, 0.2) is 0 Å². The molecule has 164 valence electrons. The molecule has 0 bridgehead atoms. The van der Waals surface area contributed by atoms with Crippen LogP contribution < -0.4 is 9.47 Å². The first-order chi connectivity index (χ1) is 15.7. The molecule has 3 aromatic carbocycles. The summed E-state index contributed by atoms with van der Waals surface area (Å²) in [4.78, 5) is 4.85. The third-order valence-corrected chi connectivity index (χ3v) is 5.81. The van der Waals surface area contributed by atoms with Crippen molar-refractivity contribution in [3.05, 3.63) is 89.2 Å². The number of para-hydroxylation sites is 2. The fourth-order valence-corrected chi connectivity index (χ4v) is 3.78. The highest BCUT2D eigenvalue weighted by Crippen LogP contribution is 2.22. The van der Waals surface area contributed by atoms with E-state index < -0.39 is 0 Å². The molecule has 1 aromatic heterocycles. The zero-order chi connectivity index (χ0) is 22.3. The van der Waals surface area contributed by atoms with Crippen LogP contribution >= 0.6 is 0 Å². The summed E-state index contributed by atoms with van der Waals surface area (Å²) in [6, 6.07) is 22.6. The van der Waals surface area contributed by atoms with Crippen LogP contribution in [0.3, 0.4) is 0 Å². The molecule has 0 aliphatic carbocycles. The lowest BCUT2D eigenvalue weighted by atomic mass is 10.1. The third kappa shape index (κ3) is 5.02. The highest BCUT2D eigenvalue weighted by Gasteiger charge is 2.08. The van der Waals surface area contributed by atoms with Gasteiger partial charge in [-0.3, -0.25) is 0 Å². The second kappa shape index (κ2) is 10.2. The van der Waals surface area contributed by atoms with Gasteiger partial charge in [-0.05, 0) is 79.8 Å². The Morgan fingerprint density at radius 1 is 0.875 bits per heavy atom. The molecule has 0 radical (unpaired) electrons. The normalized spacial score (nSPS) is 11.3. The number of ether oxygens (including phenoxy) is 2. The molecule has 0 fully saturated rings. The number of methoxy groups -OCH3 is 1. The number of unbranched alkanes of at least 4 members (excludes halogenated alkanes) is 1. The van der Waals surface area contributed by atoms with E-state index in [4.69, 9.17) is 14.5 Å². The van der Waals surface area contributed by atoms with Gasteiger partial charge in [-0.2, -0.15) is 0 Å². The monoisotopic (exact) mass is 426 g/mol. The Hall–Kier alpha value is -3.53. The summed E-state index contributed by atoms with van der Waals surface area (Å²) in [6.07, 6.45) is 6.20. The summed E-state index contributed by atoms with van der Waals surface area (Å²) < 4.78 is 13.6. The number of hydrogen-bond acceptors (Lipinski definition) is 3. The van der Waals surface area contributed by atoms with Crippen LogP contribution in [0.15, 0.2) is 66.7 Å². The number of benzene rings is 3. The van der Waals surface area contributed by atoms with Gasteiger partial charge in [0.05, 0.1) is 24.8 Å². The van der Waals surface area contributed by atoms with E-state index in [2.05, 4.69) is 60.9 Å². The molecule has 0 aliphatic heterocycles. The predicted molar refractivity (Wildman–Crippen MR) is 132 cm³/mol. The number of aromatic nitrogens is 2. The summed E-state index contributed by atoms with van der Waals surface area (Å²) in [5, 5.41) is 0. The number of rotatable bonds is 9. The van der Waals surface area contributed by atoms with Gasteiger partial charge in [-0.25, -0.2) is 4.98 Å². The molecule has 0 saturated heterocycles. The molecule has 4 rings (SSSR count). The molecule has 0 unspecified atom stereocenters. The minimum absolute atomic E-state index is 0.716. The lowest BCUT2D eigenvalue weighted by Gasteiger charge is -2.11. The highest BCUT2D eigenvalue weighted by atomic mass is 16.5. The first kappa shape index (κ1) is 21.7. The van der Waals surface area contributed by atoms with Crippen molar-refractivity contribution in [2.75, 3.05) is 13.7 Å². The van der Waals surface area contributed by atoms with Crippen molar-refractivity contribution < 1.29 is 9.47 Å². The van der Waals surface area contributed by atoms with Gasteiger partial charge in [-0.15, -0.1) is 0 Å². The maximum absolute atomic E-state index is 6.03. The zero-order valence-electron chi connectivity index (χ0n) is 19.0. The number of fused-ring (bicyclic) bond motifs is 1. The number of aryl methyl sites for hydroxylation is 2. The topological polar surface area (TPSA) is 36.3 Å². The lowest BCUT2D eigenvalue weighted by Crippen LogP contribution is -2.04. The van der Waals surface area contributed by atoms with Crippen molar-refractivity contribution >= 4 is 23.2 Å². The van der Waals surface area contributed by atoms with E-state index in [1.165, 1.54) is 11.1 Å². The Kier molecular flexibility index (Phi) is 6.90. The van der Waals surface area contributed by atoms with Crippen molar-refractivity contribution in [1.29, 1.82) is 0 Å². The summed E-state index contributed by atoms with van der Waals surface area (Å²) in [7, 11) is 1.68. The fourth-order valence-electron chi connectivity index (χ4n) is 3.78. The maximum atomic E-state index is 6.03. The molecule has 4 aromatic rings. The SMILES string of the molecule is COc1ccc(/C=C/c2nc3ccccc3n2CCCCOc2cccc(C)c2C)cc1. The van der Waals surface area contributed by atoms with E-state index in [9.17, 15) is 0 Å². The molecule has 0 aliphatic rings. The number of nitrogens with zero attached hydrogens (tertiary/aromatic N) is 2. The van der Waals surface area contributed by atoms with Crippen molar-refractivity contribution in [2.45, 2.75) is 33.2 Å². The van der Waals surface area contributed by atoms with Crippen molar-refractivity contribution in [1.82, 2.24) is 9.55 Å². The van der Waals surface area contributed by atoms with Crippen molar-refractivity contribution in [3.8, 4) is 11.5 Å². The van der Waals surface area contributed by atoms with Crippen LogP contribution in [0.25, 0.3) is 23.2 Å². The standard InChI is InChI=1S/C28H30N2O2/c1-21-9-8-12-27(22(21)2)32-20-7-6-19-30-26-11-5-4-10-25(26)29-28(30)18-15-23-13-16-24(31-3)17-14-23/h4-5,8-18H,6-7,19-20H2,1-3H3/b18-15+. The highest BCUT2D eigenvalue weighted by molar-refractivity contribution is 5.79.